The molecule has 1 aromatic heterocycles. The number of aromatic nitrogens is 2. The van der Waals surface area contributed by atoms with Crippen LogP contribution in [0.15, 0.2) is 42.6 Å². The molecule has 0 saturated carbocycles. The molecule has 1 saturated heterocycles. The molecule has 3 rings (SSSR count). The summed E-state index contributed by atoms with van der Waals surface area (Å²) in [5.74, 6) is 0.827. The Hall–Kier alpha value is -2.05. The lowest BCUT2D eigenvalue weighted by Crippen LogP contribution is -2.42. The summed E-state index contributed by atoms with van der Waals surface area (Å²) in [6, 6.07) is 11.2. The maximum Gasteiger partial charge on any atom is 0.253 e. The Morgan fingerprint density at radius 3 is 2.54 bits per heavy atom. The van der Waals surface area contributed by atoms with Crippen LogP contribution in [0.5, 0.6) is 0 Å². The Morgan fingerprint density at radius 1 is 1.17 bits per heavy atom. The molecule has 1 aromatic carbocycles. The molecule has 1 aliphatic rings. The summed E-state index contributed by atoms with van der Waals surface area (Å²) < 4.78 is 0. The van der Waals surface area contributed by atoms with Crippen LogP contribution in [0, 0.1) is 0 Å². The van der Waals surface area contributed by atoms with Crippen LogP contribution >= 0.6 is 24.8 Å². The van der Waals surface area contributed by atoms with Gasteiger partial charge in [-0.3, -0.25) is 4.79 Å². The van der Waals surface area contributed by atoms with E-state index in [0.717, 1.165) is 31.7 Å². The number of benzene rings is 1. The molecule has 6 nitrogen and oxygen atoms in total. The molecule has 130 valence electrons. The van der Waals surface area contributed by atoms with Gasteiger partial charge in [0.1, 0.15) is 5.82 Å². The highest BCUT2D eigenvalue weighted by Crippen LogP contribution is 2.17. The van der Waals surface area contributed by atoms with Crippen LogP contribution in [-0.4, -0.2) is 40.1 Å². The molecule has 0 aliphatic carbocycles. The number of nitrogens with two attached hydrogens (primary N) is 1. The van der Waals surface area contributed by atoms with Gasteiger partial charge >= 0.3 is 0 Å². The summed E-state index contributed by atoms with van der Waals surface area (Å²) in [4.78, 5) is 14.3. The predicted molar refractivity (Wildman–Crippen MR) is 99.9 cm³/mol. The lowest BCUT2D eigenvalue weighted by molar-refractivity contribution is 0.0718. The van der Waals surface area contributed by atoms with Crippen molar-refractivity contribution in [1.29, 1.82) is 0 Å². The zero-order valence-corrected chi connectivity index (χ0v) is 14.7. The number of carbonyl (C=O) groups excluding carboxylic acids is 1. The van der Waals surface area contributed by atoms with Crippen LogP contribution < -0.4 is 11.1 Å². The number of rotatable bonds is 3. The van der Waals surface area contributed by atoms with E-state index >= 15 is 0 Å². The monoisotopic (exact) mass is 369 g/mol. The molecule has 0 bridgehead atoms. The fraction of sp³-hybridized carbons (Fsp3) is 0.312. The number of hydrogen-bond donors (Lipinski definition) is 2. The zero-order chi connectivity index (χ0) is 15.4. The molecule has 2 heterocycles. The first-order valence-electron chi connectivity index (χ1n) is 7.41. The number of nitrogens with zero attached hydrogens (tertiary/aromatic N) is 3. The summed E-state index contributed by atoms with van der Waals surface area (Å²) in [5, 5.41) is 11.2. The molecular formula is C16H21Cl2N5O. The third-order valence-electron chi connectivity index (χ3n) is 3.84. The Bertz CT molecular complexity index is 648. The molecule has 1 amide bonds. The SMILES string of the molecule is Cl.Cl.Nc1cccc(C(=O)N2CCC(Nc3cccnn3)CC2)c1. The van der Waals surface area contributed by atoms with Crippen molar-refractivity contribution in [2.75, 3.05) is 24.1 Å². The van der Waals surface area contributed by atoms with Gasteiger partial charge in [0.05, 0.1) is 0 Å². The standard InChI is InChI=1S/C16H19N5O.2ClH/c17-13-4-1-3-12(11-13)16(22)21-9-6-14(7-10-21)19-15-5-2-8-18-20-15;;/h1-5,8,11,14H,6-7,9-10,17H2,(H,19,20);2*1H. The molecule has 3 N–H and O–H groups in total. The van der Waals surface area contributed by atoms with Gasteiger partial charge in [-0.2, -0.15) is 5.10 Å². The second-order valence-corrected chi connectivity index (χ2v) is 5.45. The number of nitrogens with one attached hydrogen (secondary N) is 1. The largest absolute Gasteiger partial charge is 0.399 e. The van der Waals surface area contributed by atoms with Crippen LogP contribution in [0.25, 0.3) is 0 Å². The van der Waals surface area contributed by atoms with Crippen LogP contribution in [0.3, 0.4) is 0 Å². The van der Waals surface area contributed by atoms with Gasteiger partial charge in [-0.15, -0.1) is 29.9 Å². The first kappa shape index (κ1) is 20.0. The lowest BCUT2D eigenvalue weighted by atomic mass is 10.0. The Balaban J connectivity index is 0.00000144. The summed E-state index contributed by atoms with van der Waals surface area (Å²) in [7, 11) is 0. The van der Waals surface area contributed by atoms with E-state index in [9.17, 15) is 4.79 Å². The Kier molecular flexibility index (Phi) is 7.74. The minimum Gasteiger partial charge on any atom is -0.399 e. The molecule has 0 atom stereocenters. The van der Waals surface area contributed by atoms with Gasteiger partial charge in [0.2, 0.25) is 0 Å². The van der Waals surface area contributed by atoms with Crippen molar-refractivity contribution in [3.8, 4) is 0 Å². The lowest BCUT2D eigenvalue weighted by Gasteiger charge is -2.32. The normalized spacial score (nSPS) is 14.2. The van der Waals surface area contributed by atoms with Gasteiger partial charge in [0, 0.05) is 36.6 Å². The number of piperidine rings is 1. The molecule has 0 unspecified atom stereocenters. The molecule has 0 spiro atoms. The highest BCUT2D eigenvalue weighted by molar-refractivity contribution is 5.95. The quantitative estimate of drug-likeness (QED) is 0.812. The fourth-order valence-electron chi connectivity index (χ4n) is 2.67. The Morgan fingerprint density at radius 2 is 1.92 bits per heavy atom. The summed E-state index contributed by atoms with van der Waals surface area (Å²) in [6.45, 7) is 1.46. The van der Waals surface area contributed by atoms with E-state index in [4.69, 9.17) is 5.73 Å². The van der Waals surface area contributed by atoms with Crippen molar-refractivity contribution in [2.24, 2.45) is 0 Å². The van der Waals surface area contributed by atoms with Crippen LogP contribution in [-0.2, 0) is 0 Å². The molecular weight excluding hydrogens is 349 g/mol. The highest BCUT2D eigenvalue weighted by Gasteiger charge is 2.23. The summed E-state index contributed by atoms with van der Waals surface area (Å²) in [6.07, 6.45) is 3.44. The van der Waals surface area contributed by atoms with Gasteiger partial charge < -0.3 is 16.0 Å². The van der Waals surface area contributed by atoms with Crippen molar-refractivity contribution in [3.05, 3.63) is 48.2 Å². The highest BCUT2D eigenvalue weighted by atomic mass is 35.5. The number of amides is 1. The number of carbonyl (C=O) groups is 1. The van der Waals surface area contributed by atoms with E-state index in [1.54, 1.807) is 18.3 Å². The van der Waals surface area contributed by atoms with E-state index in [1.165, 1.54) is 0 Å². The van der Waals surface area contributed by atoms with Crippen LogP contribution in [0.2, 0.25) is 0 Å². The van der Waals surface area contributed by atoms with Gasteiger partial charge in [-0.05, 0) is 43.2 Å². The molecule has 1 aliphatic heterocycles. The molecule has 0 radical (unpaired) electrons. The van der Waals surface area contributed by atoms with Crippen molar-refractivity contribution < 1.29 is 4.79 Å². The van der Waals surface area contributed by atoms with Crippen molar-refractivity contribution in [1.82, 2.24) is 15.1 Å². The maximum atomic E-state index is 12.4. The van der Waals surface area contributed by atoms with Crippen LogP contribution in [0.1, 0.15) is 23.2 Å². The molecule has 24 heavy (non-hydrogen) atoms. The van der Waals surface area contributed by atoms with E-state index in [-0.39, 0.29) is 30.7 Å². The third kappa shape index (κ3) is 4.97. The van der Waals surface area contributed by atoms with Crippen molar-refractivity contribution in [3.63, 3.8) is 0 Å². The average molecular weight is 370 g/mol. The molecule has 8 heteroatoms. The number of nitrogen functional groups attached to an aromatic ring is 1. The average Bonchev–Trinajstić information content (AvgIpc) is 2.56. The Labute approximate surface area is 153 Å². The minimum absolute atomic E-state index is 0. The molecule has 1 fully saturated rings. The fourth-order valence-corrected chi connectivity index (χ4v) is 2.67. The number of anilines is 2. The minimum atomic E-state index is 0. The van der Waals surface area contributed by atoms with E-state index in [2.05, 4.69) is 15.5 Å². The second kappa shape index (κ2) is 9.30. The summed E-state index contributed by atoms with van der Waals surface area (Å²) in [5.41, 5.74) is 7.01. The summed E-state index contributed by atoms with van der Waals surface area (Å²) >= 11 is 0. The van der Waals surface area contributed by atoms with Gasteiger partial charge in [0.25, 0.3) is 5.91 Å². The van der Waals surface area contributed by atoms with Gasteiger partial charge in [0.15, 0.2) is 0 Å². The molecule has 2 aromatic rings. The zero-order valence-electron chi connectivity index (χ0n) is 13.1. The number of likely N-dealkylation sites (tertiary alicyclic amines) is 1. The van der Waals surface area contributed by atoms with E-state index in [1.807, 2.05) is 29.2 Å². The smallest absolute Gasteiger partial charge is 0.253 e. The van der Waals surface area contributed by atoms with Crippen molar-refractivity contribution >= 4 is 42.2 Å². The number of halogens is 2. The van der Waals surface area contributed by atoms with E-state index < -0.39 is 0 Å². The first-order chi connectivity index (χ1) is 10.7. The third-order valence-corrected chi connectivity index (χ3v) is 3.84. The van der Waals surface area contributed by atoms with Gasteiger partial charge in [-0.25, -0.2) is 0 Å². The topological polar surface area (TPSA) is 84.1 Å². The second-order valence-electron chi connectivity index (χ2n) is 5.45. The predicted octanol–water partition coefficient (Wildman–Crippen LogP) is 2.62. The maximum absolute atomic E-state index is 12.4. The van der Waals surface area contributed by atoms with Crippen molar-refractivity contribution in [2.45, 2.75) is 18.9 Å². The van der Waals surface area contributed by atoms with Gasteiger partial charge in [-0.1, -0.05) is 6.07 Å². The van der Waals surface area contributed by atoms with E-state index in [0.29, 0.717) is 17.3 Å². The van der Waals surface area contributed by atoms with Crippen LogP contribution in [0.4, 0.5) is 11.5 Å². The number of hydrogen-bond acceptors (Lipinski definition) is 5. The first-order valence-corrected chi connectivity index (χ1v) is 7.41.